The van der Waals surface area contributed by atoms with E-state index in [1.54, 1.807) is 32.9 Å². The quantitative estimate of drug-likeness (QED) is 0.127. The molecular weight excluding hydrogens is 704 g/mol. The molecule has 2 aromatic carbocycles. The molecule has 55 heavy (non-hydrogen) atoms. The van der Waals surface area contributed by atoms with Gasteiger partial charge in [0.15, 0.2) is 5.82 Å². The van der Waals surface area contributed by atoms with Crippen LogP contribution >= 0.6 is 0 Å². The number of likely N-dealkylation sites (tertiary alicyclic amines) is 1. The zero-order valence-electron chi connectivity index (χ0n) is 33.9. The summed E-state index contributed by atoms with van der Waals surface area (Å²) >= 11 is 0. The van der Waals surface area contributed by atoms with Crippen molar-refractivity contribution in [2.24, 2.45) is 5.92 Å². The van der Waals surface area contributed by atoms with Gasteiger partial charge in [-0.2, -0.15) is 5.10 Å². The molecule has 0 unspecified atom stereocenters. The molecule has 1 amide bonds. The number of hydrogen-bond acceptors (Lipinski definition) is 9. The summed E-state index contributed by atoms with van der Waals surface area (Å²) in [5.74, 6) is -2.54. The van der Waals surface area contributed by atoms with Crippen molar-refractivity contribution in [3.8, 4) is 5.75 Å². The van der Waals surface area contributed by atoms with Crippen LogP contribution in [0.1, 0.15) is 115 Å². The summed E-state index contributed by atoms with van der Waals surface area (Å²) in [4.78, 5) is 16.4. The van der Waals surface area contributed by atoms with Gasteiger partial charge in [-0.1, -0.05) is 50.8 Å². The molecule has 10 nitrogen and oxygen atoms in total. The van der Waals surface area contributed by atoms with Gasteiger partial charge in [0.05, 0.1) is 37.2 Å². The Morgan fingerprint density at radius 2 is 1.62 bits per heavy atom. The number of hydrogen-bond donors (Lipinski definition) is 1. The molecule has 3 heterocycles. The summed E-state index contributed by atoms with van der Waals surface area (Å²) in [5.41, 5.74) is 1.83. The van der Waals surface area contributed by atoms with E-state index in [0.29, 0.717) is 25.6 Å². The molecule has 1 N–H and O–H groups in total. The molecule has 1 atom stereocenters. The van der Waals surface area contributed by atoms with Crippen LogP contribution in [0.3, 0.4) is 0 Å². The molecule has 2 saturated heterocycles. The number of rotatable bonds is 18. The number of morpholine rings is 1. The zero-order valence-corrected chi connectivity index (χ0v) is 33.9. The lowest BCUT2D eigenvalue weighted by Gasteiger charge is -2.36. The number of fused-ring (bicyclic) bond motifs is 1. The first-order valence-corrected chi connectivity index (χ1v) is 20.4. The normalized spacial score (nSPS) is 16.4. The Morgan fingerprint density at radius 1 is 0.927 bits per heavy atom. The van der Waals surface area contributed by atoms with Crippen LogP contribution in [0.4, 0.5) is 25.1 Å². The minimum absolute atomic E-state index is 0.0259. The SMILES string of the molecule is CCCCOCCCCCCCOc1cc2c(C)nnc(N[C@H](C)c3cccc(C(F)(F)C4CCN(C(=O)OC(C)(C)C)CC4)c3)c2cc1N1CCOCC1. The van der Waals surface area contributed by atoms with E-state index in [9.17, 15) is 4.79 Å². The Morgan fingerprint density at radius 3 is 2.33 bits per heavy atom. The summed E-state index contributed by atoms with van der Waals surface area (Å²) in [6.45, 7) is 17.0. The third-order valence-corrected chi connectivity index (χ3v) is 10.5. The number of nitrogens with one attached hydrogen (secondary N) is 1. The van der Waals surface area contributed by atoms with Crippen molar-refractivity contribution in [3.63, 3.8) is 0 Å². The predicted octanol–water partition coefficient (Wildman–Crippen LogP) is 9.83. The van der Waals surface area contributed by atoms with Crippen molar-refractivity contribution < 1.29 is 32.5 Å². The molecule has 0 spiro atoms. The van der Waals surface area contributed by atoms with Gasteiger partial charge in [-0.15, -0.1) is 5.10 Å². The molecule has 2 fully saturated rings. The smallest absolute Gasteiger partial charge is 0.410 e. The molecule has 0 aliphatic carbocycles. The third-order valence-electron chi connectivity index (χ3n) is 10.5. The van der Waals surface area contributed by atoms with Gasteiger partial charge in [-0.3, -0.25) is 0 Å². The number of alkyl halides is 2. The number of anilines is 2. The first-order valence-electron chi connectivity index (χ1n) is 20.4. The number of ether oxygens (including phenoxy) is 4. The molecular formula is C43H63F2N5O5. The van der Waals surface area contributed by atoms with Gasteiger partial charge >= 0.3 is 6.09 Å². The summed E-state index contributed by atoms with van der Waals surface area (Å²) < 4.78 is 55.4. The van der Waals surface area contributed by atoms with E-state index in [0.717, 1.165) is 98.3 Å². The van der Waals surface area contributed by atoms with Crippen molar-refractivity contribution in [2.45, 2.75) is 117 Å². The van der Waals surface area contributed by atoms with Gasteiger partial charge in [0.1, 0.15) is 11.4 Å². The van der Waals surface area contributed by atoms with Crippen molar-refractivity contribution in [2.75, 3.05) is 69.4 Å². The highest BCUT2D eigenvalue weighted by Gasteiger charge is 2.44. The fraction of sp³-hybridized carbons (Fsp3) is 0.651. The molecule has 304 valence electrons. The summed E-state index contributed by atoms with van der Waals surface area (Å²) in [6.07, 6.45) is 7.73. The van der Waals surface area contributed by atoms with E-state index < -0.39 is 23.5 Å². The Bertz CT molecular complexity index is 1670. The van der Waals surface area contributed by atoms with Gasteiger partial charge in [0.25, 0.3) is 5.92 Å². The number of carbonyl (C=O) groups excluding carboxylic acids is 1. The molecule has 1 aromatic heterocycles. The van der Waals surface area contributed by atoms with Crippen LogP contribution in [-0.4, -0.2) is 86.0 Å². The summed E-state index contributed by atoms with van der Waals surface area (Å²) in [6, 6.07) is 10.5. The molecule has 0 bridgehead atoms. The summed E-state index contributed by atoms with van der Waals surface area (Å²) in [7, 11) is 0. The van der Waals surface area contributed by atoms with E-state index in [-0.39, 0.29) is 37.5 Å². The maximum atomic E-state index is 16.0. The molecule has 0 saturated carbocycles. The minimum atomic E-state index is -3.06. The molecule has 3 aromatic rings. The number of piperidine rings is 1. The second kappa shape index (κ2) is 19.9. The predicted molar refractivity (Wildman–Crippen MR) is 215 cm³/mol. The molecule has 5 rings (SSSR count). The van der Waals surface area contributed by atoms with Crippen LogP contribution in [0.2, 0.25) is 0 Å². The third kappa shape index (κ3) is 11.9. The Hall–Kier alpha value is -3.77. The van der Waals surface area contributed by atoms with E-state index >= 15 is 8.78 Å². The van der Waals surface area contributed by atoms with Crippen LogP contribution in [0.25, 0.3) is 10.8 Å². The Labute approximate surface area is 326 Å². The lowest BCUT2D eigenvalue weighted by atomic mass is 9.85. The van der Waals surface area contributed by atoms with Gasteiger partial charge in [0.2, 0.25) is 0 Å². The Kier molecular flexibility index (Phi) is 15.3. The largest absolute Gasteiger partial charge is 0.491 e. The van der Waals surface area contributed by atoms with Gasteiger partial charge in [0, 0.05) is 61.6 Å². The van der Waals surface area contributed by atoms with Gasteiger partial charge in [-0.25, -0.2) is 13.6 Å². The van der Waals surface area contributed by atoms with E-state index in [2.05, 4.69) is 39.5 Å². The van der Waals surface area contributed by atoms with Gasteiger partial charge < -0.3 is 34.1 Å². The standard InChI is InChI=1S/C43H63F2N5O5/c1-7-8-23-52-24-12-10-9-11-13-25-54-39-30-36-32(3)47-48-40(37(36)29-38(39)49-21-26-53-27-22-49)46-31(2)33-15-14-16-35(28-33)43(44,45)34-17-19-50(20-18-34)41(51)55-42(4,5)6/h14-16,28-31,34H,7-13,17-27H2,1-6H3,(H,46,48)/t31-/m1/s1. The lowest BCUT2D eigenvalue weighted by molar-refractivity contribution is -0.0861. The molecule has 2 aliphatic rings. The number of aryl methyl sites for hydroxylation is 1. The highest BCUT2D eigenvalue weighted by molar-refractivity contribution is 5.97. The van der Waals surface area contributed by atoms with Gasteiger partial charge in [-0.05, 0) is 90.5 Å². The highest BCUT2D eigenvalue weighted by atomic mass is 19.3. The number of aromatic nitrogens is 2. The summed E-state index contributed by atoms with van der Waals surface area (Å²) in [5, 5.41) is 14.4. The van der Waals surface area contributed by atoms with Crippen LogP contribution in [0, 0.1) is 12.8 Å². The van der Waals surface area contributed by atoms with Crippen molar-refractivity contribution in [3.05, 3.63) is 53.2 Å². The first kappa shape index (κ1) is 42.4. The second-order valence-corrected chi connectivity index (χ2v) is 16.0. The number of amides is 1. The number of benzene rings is 2. The number of unbranched alkanes of at least 4 members (excludes halogenated alkanes) is 5. The second-order valence-electron chi connectivity index (χ2n) is 16.0. The topological polar surface area (TPSA) is 98.3 Å². The number of halogens is 2. The minimum Gasteiger partial charge on any atom is -0.491 e. The highest BCUT2D eigenvalue weighted by Crippen LogP contribution is 2.43. The monoisotopic (exact) mass is 767 g/mol. The van der Waals surface area contributed by atoms with Crippen LogP contribution in [-0.2, 0) is 20.1 Å². The molecule has 2 aliphatic heterocycles. The molecule has 0 radical (unpaired) electrons. The van der Waals surface area contributed by atoms with Crippen LogP contribution in [0.5, 0.6) is 5.75 Å². The Balaban J connectivity index is 1.26. The average molecular weight is 768 g/mol. The van der Waals surface area contributed by atoms with Crippen LogP contribution < -0.4 is 15.0 Å². The fourth-order valence-corrected chi connectivity index (χ4v) is 7.23. The maximum Gasteiger partial charge on any atom is 0.410 e. The lowest BCUT2D eigenvalue weighted by Crippen LogP contribution is -2.44. The van der Waals surface area contributed by atoms with Crippen molar-refractivity contribution in [1.29, 1.82) is 0 Å². The number of carbonyl (C=O) groups is 1. The van der Waals surface area contributed by atoms with Crippen molar-refractivity contribution >= 4 is 28.4 Å². The van der Waals surface area contributed by atoms with E-state index in [1.165, 1.54) is 17.4 Å². The fourth-order valence-electron chi connectivity index (χ4n) is 7.23. The first-order chi connectivity index (χ1) is 26.4. The van der Waals surface area contributed by atoms with Crippen LogP contribution in [0.15, 0.2) is 36.4 Å². The van der Waals surface area contributed by atoms with E-state index in [4.69, 9.17) is 18.9 Å². The van der Waals surface area contributed by atoms with E-state index in [1.807, 2.05) is 19.9 Å². The maximum absolute atomic E-state index is 16.0. The van der Waals surface area contributed by atoms with Crippen molar-refractivity contribution in [1.82, 2.24) is 15.1 Å². The number of nitrogens with zero attached hydrogens (tertiary/aromatic N) is 4. The molecule has 12 heteroatoms. The average Bonchev–Trinajstić information content (AvgIpc) is 3.17. The zero-order chi connectivity index (χ0) is 39.4.